The van der Waals surface area contributed by atoms with Crippen LogP contribution < -0.4 is 4.74 Å². The summed E-state index contributed by atoms with van der Waals surface area (Å²) in [5.74, 6) is -0.138. The van der Waals surface area contributed by atoms with E-state index in [9.17, 15) is 9.18 Å². The molecule has 0 heterocycles. The van der Waals surface area contributed by atoms with E-state index in [1.165, 1.54) is 27.3 Å². The number of rotatable bonds is 5. The molecule has 0 saturated heterocycles. The van der Waals surface area contributed by atoms with Crippen molar-refractivity contribution in [3.63, 3.8) is 0 Å². The van der Waals surface area contributed by atoms with Crippen LogP contribution in [0.3, 0.4) is 0 Å². The van der Waals surface area contributed by atoms with E-state index in [1.807, 2.05) is 0 Å². The van der Waals surface area contributed by atoms with E-state index in [0.717, 1.165) is 5.06 Å². The third-order valence-electron chi connectivity index (χ3n) is 2.42. The maximum Gasteiger partial charge on any atom is 0.249 e. The van der Waals surface area contributed by atoms with E-state index in [1.54, 1.807) is 24.3 Å². The average molecular weight is 253 g/mol. The van der Waals surface area contributed by atoms with Crippen LogP contribution in [0, 0.1) is 5.82 Å². The van der Waals surface area contributed by atoms with Gasteiger partial charge in [0.15, 0.2) is 0 Å². The van der Waals surface area contributed by atoms with Gasteiger partial charge in [-0.1, -0.05) is 12.2 Å². The molecule has 0 aliphatic rings. The Labute approximate surface area is 106 Å². The summed E-state index contributed by atoms with van der Waals surface area (Å²) >= 11 is 0. The quantitative estimate of drug-likeness (QED) is 0.755. The minimum atomic E-state index is -0.391. The molecular formula is C13H16FNO3. The van der Waals surface area contributed by atoms with E-state index in [2.05, 4.69) is 0 Å². The van der Waals surface area contributed by atoms with E-state index in [4.69, 9.17) is 9.57 Å². The molecular weight excluding hydrogens is 237 g/mol. The molecule has 1 amide bonds. The second-order valence-electron chi connectivity index (χ2n) is 3.57. The molecule has 0 unspecified atom stereocenters. The monoisotopic (exact) mass is 253 g/mol. The van der Waals surface area contributed by atoms with Crippen molar-refractivity contribution in [1.29, 1.82) is 0 Å². The molecule has 0 spiro atoms. The summed E-state index contributed by atoms with van der Waals surface area (Å²) in [4.78, 5) is 16.1. The second-order valence-corrected chi connectivity index (χ2v) is 3.57. The van der Waals surface area contributed by atoms with Crippen LogP contribution in [0.15, 0.2) is 24.3 Å². The number of hydroxylamine groups is 2. The molecule has 18 heavy (non-hydrogen) atoms. The summed E-state index contributed by atoms with van der Waals surface area (Å²) in [6, 6.07) is 4.55. The van der Waals surface area contributed by atoms with Gasteiger partial charge >= 0.3 is 0 Å². The number of nitrogens with zero attached hydrogens (tertiary/aromatic N) is 1. The Morgan fingerprint density at radius 2 is 2.17 bits per heavy atom. The molecule has 0 aliphatic carbocycles. The van der Waals surface area contributed by atoms with Crippen LogP contribution in [-0.4, -0.2) is 32.2 Å². The molecule has 1 aromatic carbocycles. The van der Waals surface area contributed by atoms with Gasteiger partial charge < -0.3 is 4.74 Å². The fourth-order valence-corrected chi connectivity index (χ4v) is 1.29. The number of hydrogen-bond donors (Lipinski definition) is 0. The Kier molecular flexibility index (Phi) is 5.32. The summed E-state index contributed by atoms with van der Waals surface area (Å²) in [5.41, 5.74) is 0.406. The van der Waals surface area contributed by atoms with E-state index >= 15 is 0 Å². The van der Waals surface area contributed by atoms with Gasteiger partial charge in [-0.2, -0.15) is 0 Å². The molecule has 0 bridgehead atoms. The molecule has 4 nitrogen and oxygen atoms in total. The zero-order chi connectivity index (χ0) is 13.5. The first kappa shape index (κ1) is 14.2. The first-order chi connectivity index (χ1) is 8.58. The lowest BCUT2D eigenvalue weighted by Gasteiger charge is -2.11. The standard InChI is InChI=1S/C13H16FNO3/c1-15(18-3)13(16)6-4-5-10-7-8-11(17-2)9-12(10)14/h4-5,7-9H,6H2,1-3H3. The molecule has 5 heteroatoms. The topological polar surface area (TPSA) is 38.8 Å². The van der Waals surface area contributed by atoms with Crippen LogP contribution in [-0.2, 0) is 9.63 Å². The van der Waals surface area contributed by atoms with Crippen molar-refractivity contribution in [2.75, 3.05) is 21.3 Å². The van der Waals surface area contributed by atoms with Gasteiger partial charge in [0.1, 0.15) is 11.6 Å². The van der Waals surface area contributed by atoms with E-state index < -0.39 is 5.82 Å². The van der Waals surface area contributed by atoms with Gasteiger partial charge in [-0.3, -0.25) is 9.63 Å². The molecule has 0 saturated carbocycles. The van der Waals surface area contributed by atoms with Crippen molar-refractivity contribution in [1.82, 2.24) is 5.06 Å². The first-order valence-electron chi connectivity index (χ1n) is 5.39. The molecule has 0 fully saturated rings. The number of carbonyl (C=O) groups is 1. The predicted molar refractivity (Wildman–Crippen MR) is 66.4 cm³/mol. The lowest BCUT2D eigenvalue weighted by Crippen LogP contribution is -2.24. The van der Waals surface area contributed by atoms with Crippen molar-refractivity contribution in [3.8, 4) is 5.75 Å². The van der Waals surface area contributed by atoms with Gasteiger partial charge in [0.05, 0.1) is 14.2 Å². The Bertz CT molecular complexity index is 446. The smallest absolute Gasteiger partial charge is 0.249 e. The third-order valence-corrected chi connectivity index (χ3v) is 2.42. The zero-order valence-electron chi connectivity index (χ0n) is 10.6. The molecule has 0 aliphatic heterocycles. The van der Waals surface area contributed by atoms with Crippen LogP contribution in [0.25, 0.3) is 6.08 Å². The van der Waals surface area contributed by atoms with Crippen molar-refractivity contribution >= 4 is 12.0 Å². The minimum Gasteiger partial charge on any atom is -0.497 e. The number of hydrogen-bond acceptors (Lipinski definition) is 3. The van der Waals surface area contributed by atoms with Crippen LogP contribution in [0.2, 0.25) is 0 Å². The first-order valence-corrected chi connectivity index (χ1v) is 5.39. The lowest BCUT2D eigenvalue weighted by molar-refractivity contribution is -0.167. The van der Waals surface area contributed by atoms with Crippen LogP contribution in [0.4, 0.5) is 4.39 Å². The number of carbonyl (C=O) groups excluding carboxylic acids is 1. The van der Waals surface area contributed by atoms with Crippen LogP contribution in [0.1, 0.15) is 12.0 Å². The Morgan fingerprint density at radius 3 is 2.72 bits per heavy atom. The van der Waals surface area contributed by atoms with Crippen LogP contribution >= 0.6 is 0 Å². The highest BCUT2D eigenvalue weighted by molar-refractivity contribution is 5.77. The maximum atomic E-state index is 13.5. The Balaban J connectivity index is 2.65. The number of methoxy groups -OCH3 is 1. The molecule has 0 radical (unpaired) electrons. The Morgan fingerprint density at radius 1 is 1.44 bits per heavy atom. The van der Waals surface area contributed by atoms with Crippen molar-refractivity contribution < 1.29 is 18.8 Å². The molecule has 1 rings (SSSR count). The maximum absolute atomic E-state index is 13.5. The van der Waals surface area contributed by atoms with Gasteiger partial charge in [-0.25, -0.2) is 9.45 Å². The van der Waals surface area contributed by atoms with Gasteiger partial charge in [-0.15, -0.1) is 0 Å². The van der Waals surface area contributed by atoms with Gasteiger partial charge in [0, 0.05) is 25.1 Å². The molecule has 0 N–H and O–H groups in total. The highest BCUT2D eigenvalue weighted by Gasteiger charge is 2.05. The minimum absolute atomic E-state index is 0.149. The van der Waals surface area contributed by atoms with Gasteiger partial charge in [0.2, 0.25) is 5.91 Å². The lowest BCUT2D eigenvalue weighted by atomic mass is 10.1. The fourth-order valence-electron chi connectivity index (χ4n) is 1.29. The molecule has 1 aromatic rings. The second kappa shape index (κ2) is 6.76. The van der Waals surface area contributed by atoms with E-state index in [-0.39, 0.29) is 12.3 Å². The number of amides is 1. The highest BCUT2D eigenvalue weighted by atomic mass is 19.1. The van der Waals surface area contributed by atoms with Crippen molar-refractivity contribution in [3.05, 3.63) is 35.7 Å². The highest BCUT2D eigenvalue weighted by Crippen LogP contribution is 2.17. The fraction of sp³-hybridized carbons (Fsp3) is 0.308. The largest absolute Gasteiger partial charge is 0.497 e. The third kappa shape index (κ3) is 3.85. The summed E-state index contributed by atoms with van der Waals surface area (Å²) in [7, 11) is 4.40. The molecule has 0 aromatic heterocycles. The van der Waals surface area contributed by atoms with Crippen LogP contribution in [0.5, 0.6) is 5.75 Å². The number of ether oxygens (including phenoxy) is 1. The summed E-state index contributed by atoms with van der Waals surface area (Å²) < 4.78 is 18.4. The summed E-state index contributed by atoms with van der Waals surface area (Å²) in [5, 5.41) is 1.12. The normalized spacial score (nSPS) is 10.7. The van der Waals surface area contributed by atoms with Crippen molar-refractivity contribution in [2.24, 2.45) is 0 Å². The number of halogens is 1. The number of benzene rings is 1. The Hall–Kier alpha value is -1.88. The van der Waals surface area contributed by atoms with Crippen molar-refractivity contribution in [2.45, 2.75) is 6.42 Å². The van der Waals surface area contributed by atoms with E-state index in [0.29, 0.717) is 11.3 Å². The summed E-state index contributed by atoms with van der Waals surface area (Å²) in [6.45, 7) is 0. The zero-order valence-corrected chi connectivity index (χ0v) is 10.6. The average Bonchev–Trinajstić information content (AvgIpc) is 2.39. The van der Waals surface area contributed by atoms with Gasteiger partial charge in [0.25, 0.3) is 0 Å². The SMILES string of the molecule is COc1ccc(C=CCC(=O)N(C)OC)c(F)c1. The molecule has 0 atom stereocenters. The summed E-state index contributed by atoms with van der Waals surface area (Å²) in [6.07, 6.45) is 3.29. The predicted octanol–water partition coefficient (Wildman–Crippen LogP) is 2.26. The van der Waals surface area contributed by atoms with Gasteiger partial charge in [-0.05, 0) is 12.1 Å². The molecule has 98 valence electrons.